The van der Waals surface area contributed by atoms with E-state index in [4.69, 9.17) is 27.9 Å². The molecule has 1 heterocycles. The Balaban J connectivity index is 2.24. The highest BCUT2D eigenvalue weighted by atomic mass is 35.5. The molecule has 1 amide bonds. The van der Waals surface area contributed by atoms with Crippen LogP contribution in [0.5, 0.6) is 0 Å². The van der Waals surface area contributed by atoms with Gasteiger partial charge >= 0.3 is 6.09 Å². The topological polar surface area (TPSA) is 58.6 Å². The molecule has 0 saturated carbocycles. The van der Waals surface area contributed by atoms with E-state index < -0.39 is 26.9 Å². The number of likely N-dealkylation sites (tertiary alicyclic amines) is 1. The fourth-order valence-corrected chi connectivity index (χ4v) is 4.65. The number of amides is 1. The number of ether oxygens (including phenoxy) is 1. The number of hydrogen-bond donors (Lipinski definition) is 1. The van der Waals surface area contributed by atoms with E-state index in [2.05, 4.69) is 4.72 Å². The highest BCUT2D eigenvalue weighted by Gasteiger charge is 2.40. The number of hydrogen-bond acceptors (Lipinski definition) is 3. The summed E-state index contributed by atoms with van der Waals surface area (Å²) < 4.78 is 21.4. The molecule has 5 nitrogen and oxygen atoms in total. The van der Waals surface area contributed by atoms with Crippen LogP contribution in [-0.4, -0.2) is 44.2 Å². The predicted molar refractivity (Wildman–Crippen MR) is 121 cm³/mol. The lowest BCUT2D eigenvalue weighted by molar-refractivity contribution is 0.0161. The number of nitrogens with zero attached hydrogens (tertiary/aromatic N) is 1. The zero-order valence-corrected chi connectivity index (χ0v) is 20.4. The Morgan fingerprint density at radius 2 is 1.66 bits per heavy atom. The van der Waals surface area contributed by atoms with Crippen LogP contribution < -0.4 is 4.72 Å². The van der Waals surface area contributed by atoms with E-state index in [0.717, 1.165) is 5.56 Å². The summed E-state index contributed by atoms with van der Waals surface area (Å²) in [4.78, 5) is 14.2. The fourth-order valence-electron chi connectivity index (χ4n) is 3.15. The zero-order valence-electron chi connectivity index (χ0n) is 18.1. The number of rotatable bonds is 4. The van der Waals surface area contributed by atoms with Crippen molar-refractivity contribution in [1.29, 1.82) is 0 Å². The molecular weight excluding hydrogens is 431 g/mol. The Hall–Kier alpha value is -0.820. The first-order valence-corrected chi connectivity index (χ1v) is 11.7. The summed E-state index contributed by atoms with van der Waals surface area (Å²) in [5, 5.41) is 1.18. The van der Waals surface area contributed by atoms with Crippen LogP contribution in [-0.2, 0) is 22.1 Å². The second kappa shape index (κ2) is 9.13. The molecule has 0 bridgehead atoms. The van der Waals surface area contributed by atoms with Crippen LogP contribution in [0.15, 0.2) is 18.2 Å². The third-order valence-electron chi connectivity index (χ3n) is 4.81. The molecule has 0 radical (unpaired) electrons. The van der Waals surface area contributed by atoms with Gasteiger partial charge in [0.25, 0.3) is 0 Å². The van der Waals surface area contributed by atoms with Gasteiger partial charge in [-0.3, -0.25) is 0 Å². The number of carbonyl (C=O) groups excluding carboxylic acids is 1. The van der Waals surface area contributed by atoms with Gasteiger partial charge in [0.2, 0.25) is 0 Å². The molecule has 0 aromatic heterocycles. The van der Waals surface area contributed by atoms with Crippen molar-refractivity contribution in [2.45, 2.75) is 76.7 Å². The molecule has 1 aliphatic heterocycles. The summed E-state index contributed by atoms with van der Waals surface area (Å²) in [6.45, 7) is 12.4. The van der Waals surface area contributed by atoms with Crippen LogP contribution in [0.25, 0.3) is 0 Å². The molecule has 29 heavy (non-hydrogen) atoms. The van der Waals surface area contributed by atoms with Gasteiger partial charge in [0.15, 0.2) is 0 Å². The largest absolute Gasteiger partial charge is 0.444 e. The van der Waals surface area contributed by atoms with E-state index in [-0.39, 0.29) is 6.09 Å². The number of carbonyl (C=O) groups is 1. The number of halogens is 2. The smallest absolute Gasteiger partial charge is 0.410 e. The van der Waals surface area contributed by atoms with E-state index in [1.54, 1.807) is 4.90 Å². The lowest BCUT2D eigenvalue weighted by Gasteiger charge is -2.43. The standard InChI is InChI=1S/C21H32Cl2N2O3S/c1-19(2,3)28-18(26)25-12-10-21(11-13-25,24-29(27)20(4,5)6)14-15-16(22)8-7-9-17(15)23/h7-9,24H,10-14H2,1-6H3. The molecule has 1 aromatic carbocycles. The van der Waals surface area contributed by atoms with Gasteiger partial charge in [0.1, 0.15) is 5.60 Å². The van der Waals surface area contributed by atoms with Crippen molar-refractivity contribution < 1.29 is 13.7 Å². The second-order valence-electron chi connectivity index (χ2n) is 9.61. The lowest BCUT2D eigenvalue weighted by atomic mass is 9.83. The highest BCUT2D eigenvalue weighted by Crippen LogP contribution is 2.34. The van der Waals surface area contributed by atoms with Crippen molar-refractivity contribution in [2.75, 3.05) is 13.1 Å². The first kappa shape index (κ1) is 24.4. The average molecular weight is 463 g/mol. The molecule has 164 valence electrons. The summed E-state index contributed by atoms with van der Waals surface area (Å²) in [5.74, 6) is 0. The van der Waals surface area contributed by atoms with Crippen molar-refractivity contribution in [2.24, 2.45) is 0 Å². The van der Waals surface area contributed by atoms with E-state index in [0.29, 0.717) is 42.4 Å². The molecule has 1 saturated heterocycles. The average Bonchev–Trinajstić information content (AvgIpc) is 2.56. The molecule has 1 N–H and O–H groups in total. The van der Waals surface area contributed by atoms with Gasteiger partial charge in [-0.15, -0.1) is 0 Å². The molecule has 2 rings (SSSR count). The Morgan fingerprint density at radius 1 is 1.14 bits per heavy atom. The minimum absolute atomic E-state index is 0.321. The molecule has 0 aliphatic carbocycles. The van der Waals surface area contributed by atoms with Crippen LogP contribution in [0, 0.1) is 0 Å². The van der Waals surface area contributed by atoms with Crippen molar-refractivity contribution >= 4 is 40.3 Å². The van der Waals surface area contributed by atoms with Crippen LogP contribution in [0.1, 0.15) is 59.9 Å². The Labute approximate surface area is 187 Å². The Kier molecular flexibility index (Phi) is 7.69. The minimum atomic E-state index is -1.27. The summed E-state index contributed by atoms with van der Waals surface area (Å²) in [5.41, 5.74) is -0.187. The number of piperidine rings is 1. The number of nitrogens with one attached hydrogen (secondary N) is 1. The summed E-state index contributed by atoms with van der Waals surface area (Å²) >= 11 is 12.8. The minimum Gasteiger partial charge on any atom is -0.444 e. The first-order chi connectivity index (χ1) is 13.2. The molecule has 1 fully saturated rings. The normalized spacial score (nSPS) is 18.4. The zero-order chi connectivity index (χ0) is 22.0. The Bertz CT molecular complexity index is 744. The molecule has 8 heteroatoms. The highest BCUT2D eigenvalue weighted by molar-refractivity contribution is 7.84. The maximum atomic E-state index is 12.9. The van der Waals surface area contributed by atoms with Crippen molar-refractivity contribution in [1.82, 2.24) is 9.62 Å². The van der Waals surface area contributed by atoms with Gasteiger partial charge in [-0.1, -0.05) is 29.3 Å². The van der Waals surface area contributed by atoms with Gasteiger partial charge in [0, 0.05) is 28.7 Å². The summed E-state index contributed by atoms with van der Waals surface area (Å²) in [6, 6.07) is 5.44. The van der Waals surface area contributed by atoms with Crippen LogP contribution in [0.2, 0.25) is 10.0 Å². The lowest BCUT2D eigenvalue weighted by Crippen LogP contribution is -2.58. The number of benzene rings is 1. The van der Waals surface area contributed by atoms with Gasteiger partial charge in [-0.25, -0.2) is 13.7 Å². The molecule has 1 atom stereocenters. The molecule has 1 unspecified atom stereocenters. The molecule has 0 spiro atoms. The monoisotopic (exact) mass is 462 g/mol. The third kappa shape index (κ3) is 6.84. The van der Waals surface area contributed by atoms with E-state index >= 15 is 0 Å². The molecular formula is C21H32Cl2N2O3S. The van der Waals surface area contributed by atoms with Crippen LogP contribution >= 0.6 is 23.2 Å². The third-order valence-corrected chi connectivity index (χ3v) is 7.25. The van der Waals surface area contributed by atoms with Gasteiger partial charge < -0.3 is 9.64 Å². The van der Waals surface area contributed by atoms with Crippen LogP contribution in [0.4, 0.5) is 4.79 Å². The molecule has 1 aromatic rings. The van der Waals surface area contributed by atoms with E-state index in [1.807, 2.05) is 59.7 Å². The second-order valence-corrected chi connectivity index (χ2v) is 12.4. The van der Waals surface area contributed by atoms with Gasteiger partial charge in [-0.2, -0.15) is 0 Å². The predicted octanol–water partition coefficient (Wildman–Crippen LogP) is 5.36. The maximum absolute atomic E-state index is 12.9. The quantitative estimate of drug-likeness (QED) is 0.654. The van der Waals surface area contributed by atoms with Crippen molar-refractivity contribution in [3.05, 3.63) is 33.8 Å². The first-order valence-electron chi connectivity index (χ1n) is 9.83. The molecule has 1 aliphatic rings. The van der Waals surface area contributed by atoms with Crippen molar-refractivity contribution in [3.8, 4) is 0 Å². The fraction of sp³-hybridized carbons (Fsp3) is 0.667. The van der Waals surface area contributed by atoms with Gasteiger partial charge in [0.05, 0.1) is 15.7 Å². The van der Waals surface area contributed by atoms with E-state index in [1.165, 1.54) is 0 Å². The maximum Gasteiger partial charge on any atom is 0.410 e. The SMILES string of the molecule is CC(C)(C)OC(=O)N1CCC(Cc2c(Cl)cccc2Cl)(NS(=O)C(C)(C)C)CC1. The van der Waals surface area contributed by atoms with E-state index in [9.17, 15) is 9.00 Å². The Morgan fingerprint density at radius 3 is 2.10 bits per heavy atom. The summed E-state index contributed by atoms with van der Waals surface area (Å²) in [6.07, 6.45) is 1.46. The van der Waals surface area contributed by atoms with Gasteiger partial charge in [-0.05, 0) is 78.5 Å². The van der Waals surface area contributed by atoms with Crippen molar-refractivity contribution in [3.63, 3.8) is 0 Å². The van der Waals surface area contributed by atoms with Crippen LogP contribution in [0.3, 0.4) is 0 Å². The summed E-state index contributed by atoms with van der Waals surface area (Å²) in [7, 11) is -1.27.